The van der Waals surface area contributed by atoms with Crippen molar-refractivity contribution in [3.8, 4) is 0 Å². The lowest BCUT2D eigenvalue weighted by molar-refractivity contribution is 0.0115. The molecule has 2 aliphatic rings. The van der Waals surface area contributed by atoms with E-state index in [9.17, 15) is 18.4 Å². The number of benzene rings is 1. The van der Waals surface area contributed by atoms with Crippen molar-refractivity contribution < 1.29 is 13.6 Å². The Morgan fingerprint density at radius 2 is 2.00 bits per heavy atom. The highest BCUT2D eigenvalue weighted by molar-refractivity contribution is 5.92. The number of piperazine rings is 1. The van der Waals surface area contributed by atoms with Gasteiger partial charge in [0, 0.05) is 45.7 Å². The molecule has 1 aromatic carbocycles. The van der Waals surface area contributed by atoms with Crippen LogP contribution in [-0.4, -0.2) is 58.0 Å². The first-order valence-corrected chi connectivity index (χ1v) is 11.3. The number of nitrogens with one attached hydrogen (secondary N) is 2. The SMILES string of the molecule is CNC(=O)c1ccc(N2CCN(Cc3ccc4nc(C(C)(F)F)c(=O)[nH]c4c3)C3CCC32)cn1. The summed E-state index contributed by atoms with van der Waals surface area (Å²) in [5.41, 5.74) is 1.59. The molecule has 1 aliphatic carbocycles. The van der Waals surface area contributed by atoms with E-state index in [4.69, 9.17) is 0 Å². The van der Waals surface area contributed by atoms with Crippen LogP contribution < -0.4 is 15.8 Å². The Morgan fingerprint density at radius 3 is 2.65 bits per heavy atom. The van der Waals surface area contributed by atoms with E-state index in [-0.39, 0.29) is 5.91 Å². The fourth-order valence-electron chi connectivity index (χ4n) is 4.92. The third-order valence-corrected chi connectivity index (χ3v) is 6.80. The minimum absolute atomic E-state index is 0.204. The maximum absolute atomic E-state index is 13.6. The number of alkyl halides is 2. The smallest absolute Gasteiger partial charge is 0.292 e. The van der Waals surface area contributed by atoms with Crippen LogP contribution in [-0.2, 0) is 12.5 Å². The average molecular weight is 469 g/mol. The molecule has 1 saturated carbocycles. The van der Waals surface area contributed by atoms with Gasteiger partial charge in [0.1, 0.15) is 5.69 Å². The number of nitrogens with zero attached hydrogens (tertiary/aromatic N) is 4. The van der Waals surface area contributed by atoms with Crippen molar-refractivity contribution in [1.82, 2.24) is 25.2 Å². The molecule has 1 amide bonds. The summed E-state index contributed by atoms with van der Waals surface area (Å²) in [6.45, 7) is 3.06. The second-order valence-electron chi connectivity index (χ2n) is 9.01. The Balaban J connectivity index is 1.31. The minimum Gasteiger partial charge on any atom is -0.364 e. The average Bonchev–Trinajstić information content (AvgIpc) is 2.78. The number of carbonyl (C=O) groups is 1. The summed E-state index contributed by atoms with van der Waals surface area (Å²) in [4.78, 5) is 39.4. The van der Waals surface area contributed by atoms with Crippen molar-refractivity contribution in [3.05, 3.63) is 63.8 Å². The molecule has 2 N–H and O–H groups in total. The molecule has 178 valence electrons. The Bertz CT molecular complexity index is 1290. The molecule has 3 heterocycles. The lowest BCUT2D eigenvalue weighted by Gasteiger charge is -2.54. The molecule has 3 aromatic rings. The molecule has 8 nitrogen and oxygen atoms in total. The highest BCUT2D eigenvalue weighted by atomic mass is 19.3. The van der Waals surface area contributed by atoms with Gasteiger partial charge in [-0.15, -0.1) is 0 Å². The van der Waals surface area contributed by atoms with Gasteiger partial charge in [-0.1, -0.05) is 6.07 Å². The zero-order chi connectivity index (χ0) is 24.0. The number of anilines is 1. The van der Waals surface area contributed by atoms with Crippen LogP contribution in [0.25, 0.3) is 11.0 Å². The standard InChI is InChI=1S/C24H26F2N6O2/c1-24(25,26)21-23(34)30-18-11-14(3-5-16(18)29-21)13-31-9-10-32(20-8-7-19(20)31)15-4-6-17(28-12-15)22(33)27-2/h3-6,11-12,19-20H,7-10,13H2,1-2H3,(H,27,33)(H,30,34). The number of halogens is 2. The van der Waals surface area contributed by atoms with Gasteiger partial charge in [-0.25, -0.2) is 9.97 Å². The molecule has 34 heavy (non-hydrogen) atoms. The zero-order valence-electron chi connectivity index (χ0n) is 19.0. The number of H-pyrrole nitrogens is 1. The van der Waals surface area contributed by atoms with E-state index in [1.807, 2.05) is 18.2 Å². The van der Waals surface area contributed by atoms with Gasteiger partial charge in [0.15, 0.2) is 5.69 Å². The first kappa shape index (κ1) is 22.4. The molecular formula is C24H26F2N6O2. The van der Waals surface area contributed by atoms with Crippen molar-refractivity contribution >= 4 is 22.6 Å². The van der Waals surface area contributed by atoms with Gasteiger partial charge in [-0.3, -0.25) is 14.5 Å². The summed E-state index contributed by atoms with van der Waals surface area (Å²) in [6, 6.07) is 9.85. The largest absolute Gasteiger partial charge is 0.364 e. The summed E-state index contributed by atoms with van der Waals surface area (Å²) < 4.78 is 27.3. The Kier molecular flexibility index (Phi) is 5.55. The van der Waals surface area contributed by atoms with Crippen molar-refractivity contribution in [2.24, 2.45) is 0 Å². The lowest BCUT2D eigenvalue weighted by atomic mass is 9.81. The predicted molar refractivity (Wildman–Crippen MR) is 124 cm³/mol. The summed E-state index contributed by atoms with van der Waals surface area (Å²) in [7, 11) is 1.58. The van der Waals surface area contributed by atoms with Gasteiger partial charge in [-0.05, 0) is 42.7 Å². The van der Waals surface area contributed by atoms with Crippen molar-refractivity contribution in [2.75, 3.05) is 25.0 Å². The van der Waals surface area contributed by atoms with Gasteiger partial charge >= 0.3 is 0 Å². The van der Waals surface area contributed by atoms with Gasteiger partial charge in [0.2, 0.25) is 0 Å². The summed E-state index contributed by atoms with van der Waals surface area (Å²) in [5, 5.41) is 2.58. The quantitative estimate of drug-likeness (QED) is 0.598. The number of hydrogen-bond donors (Lipinski definition) is 2. The summed E-state index contributed by atoms with van der Waals surface area (Å²) in [6.07, 6.45) is 3.93. The van der Waals surface area contributed by atoms with Crippen LogP contribution in [0.4, 0.5) is 14.5 Å². The van der Waals surface area contributed by atoms with Crippen LogP contribution in [0.3, 0.4) is 0 Å². The van der Waals surface area contributed by atoms with Gasteiger partial charge in [0.05, 0.1) is 22.9 Å². The number of aromatic amines is 1. The number of fused-ring (bicyclic) bond motifs is 2. The lowest BCUT2D eigenvalue weighted by Crippen LogP contribution is -2.64. The van der Waals surface area contributed by atoms with E-state index in [1.54, 1.807) is 25.4 Å². The van der Waals surface area contributed by atoms with Crippen LogP contribution in [0.5, 0.6) is 0 Å². The van der Waals surface area contributed by atoms with Crippen LogP contribution in [0.15, 0.2) is 41.3 Å². The van der Waals surface area contributed by atoms with Crippen LogP contribution >= 0.6 is 0 Å². The van der Waals surface area contributed by atoms with E-state index >= 15 is 0 Å². The Labute approximate surface area is 195 Å². The van der Waals surface area contributed by atoms with Crippen LogP contribution in [0.1, 0.15) is 41.5 Å². The predicted octanol–water partition coefficient (Wildman–Crippen LogP) is 2.64. The van der Waals surface area contributed by atoms with E-state index in [2.05, 4.69) is 30.1 Å². The molecule has 5 rings (SSSR count). The molecule has 1 aliphatic heterocycles. The van der Waals surface area contributed by atoms with Gasteiger partial charge < -0.3 is 15.2 Å². The third-order valence-electron chi connectivity index (χ3n) is 6.80. The number of pyridine rings is 1. The molecule has 2 unspecified atom stereocenters. The fourth-order valence-corrected chi connectivity index (χ4v) is 4.92. The fraction of sp³-hybridized carbons (Fsp3) is 0.417. The Morgan fingerprint density at radius 1 is 1.21 bits per heavy atom. The highest BCUT2D eigenvalue weighted by Crippen LogP contribution is 2.37. The topological polar surface area (TPSA) is 94.2 Å². The second-order valence-corrected chi connectivity index (χ2v) is 9.01. The highest BCUT2D eigenvalue weighted by Gasteiger charge is 2.43. The number of aromatic nitrogens is 3. The number of hydrogen-bond acceptors (Lipinski definition) is 6. The first-order chi connectivity index (χ1) is 16.2. The number of rotatable bonds is 5. The first-order valence-electron chi connectivity index (χ1n) is 11.3. The molecule has 2 aromatic heterocycles. The van der Waals surface area contributed by atoms with Gasteiger partial charge in [0.25, 0.3) is 17.4 Å². The van der Waals surface area contributed by atoms with E-state index in [1.165, 1.54) is 0 Å². The van der Waals surface area contributed by atoms with Gasteiger partial charge in [-0.2, -0.15) is 8.78 Å². The second kappa shape index (κ2) is 8.43. The molecule has 0 bridgehead atoms. The molecular weight excluding hydrogens is 442 g/mol. The van der Waals surface area contributed by atoms with E-state index in [0.29, 0.717) is 42.3 Å². The maximum Gasteiger partial charge on any atom is 0.292 e. The molecule has 2 fully saturated rings. The van der Waals surface area contributed by atoms with E-state index in [0.717, 1.165) is 37.2 Å². The minimum atomic E-state index is -3.29. The van der Waals surface area contributed by atoms with Crippen molar-refractivity contribution in [2.45, 2.75) is 44.3 Å². The van der Waals surface area contributed by atoms with E-state index < -0.39 is 17.2 Å². The van der Waals surface area contributed by atoms with Crippen LogP contribution in [0, 0.1) is 0 Å². The summed E-state index contributed by atoms with van der Waals surface area (Å²) in [5.74, 6) is -3.50. The molecule has 0 radical (unpaired) electrons. The van der Waals surface area contributed by atoms with Crippen molar-refractivity contribution in [1.29, 1.82) is 0 Å². The molecule has 10 heteroatoms. The zero-order valence-corrected chi connectivity index (χ0v) is 19.0. The number of amides is 1. The molecule has 1 saturated heterocycles. The monoisotopic (exact) mass is 468 g/mol. The summed E-state index contributed by atoms with van der Waals surface area (Å²) >= 11 is 0. The maximum atomic E-state index is 13.6. The molecule has 2 atom stereocenters. The molecule has 0 spiro atoms. The number of carbonyl (C=O) groups excluding carboxylic acids is 1. The van der Waals surface area contributed by atoms with Crippen LogP contribution in [0.2, 0.25) is 0 Å². The third kappa shape index (κ3) is 4.02. The Hall–Kier alpha value is -3.40. The van der Waals surface area contributed by atoms with Crippen molar-refractivity contribution in [3.63, 3.8) is 0 Å². The normalized spacial score (nSPS) is 20.6.